The lowest BCUT2D eigenvalue weighted by atomic mass is 9.95. The molecule has 0 bridgehead atoms. The fourth-order valence-corrected chi connectivity index (χ4v) is 3.73. The predicted octanol–water partition coefficient (Wildman–Crippen LogP) is 2.66. The molecule has 3 rings (SSSR count). The Morgan fingerprint density at radius 3 is 2.62 bits per heavy atom. The highest BCUT2D eigenvalue weighted by Crippen LogP contribution is 2.32. The molecule has 0 aromatic heterocycles. The van der Waals surface area contributed by atoms with E-state index in [1.807, 2.05) is 23.1 Å². The summed E-state index contributed by atoms with van der Waals surface area (Å²) in [4.78, 5) is 26.8. The molecular formula is C18H26ClN3O2. The minimum atomic E-state index is -0.00191. The first-order valence-electron chi connectivity index (χ1n) is 8.59. The number of nitrogens with two attached hydrogens (primary N) is 1. The molecule has 1 aliphatic carbocycles. The lowest BCUT2D eigenvalue weighted by Gasteiger charge is -2.18. The van der Waals surface area contributed by atoms with Gasteiger partial charge in [0.05, 0.1) is 0 Å². The Balaban J connectivity index is 0.00000208. The van der Waals surface area contributed by atoms with Crippen molar-refractivity contribution >= 4 is 29.9 Å². The Kier molecular flexibility index (Phi) is 6.63. The van der Waals surface area contributed by atoms with E-state index in [1.54, 1.807) is 6.07 Å². The van der Waals surface area contributed by atoms with Crippen molar-refractivity contribution in [2.24, 2.45) is 17.6 Å². The molecule has 1 heterocycles. The number of hydrogen-bond acceptors (Lipinski definition) is 3. The lowest BCUT2D eigenvalue weighted by Crippen LogP contribution is -2.30. The highest BCUT2D eigenvalue weighted by atomic mass is 35.5. The summed E-state index contributed by atoms with van der Waals surface area (Å²) in [7, 11) is 0. The number of rotatable bonds is 4. The molecule has 0 radical (unpaired) electrons. The van der Waals surface area contributed by atoms with Crippen molar-refractivity contribution in [3.63, 3.8) is 0 Å². The summed E-state index contributed by atoms with van der Waals surface area (Å²) >= 11 is 0. The van der Waals surface area contributed by atoms with Crippen LogP contribution >= 0.6 is 12.4 Å². The zero-order valence-electron chi connectivity index (χ0n) is 13.9. The molecule has 1 saturated carbocycles. The van der Waals surface area contributed by atoms with Gasteiger partial charge in [0.2, 0.25) is 5.91 Å². The van der Waals surface area contributed by atoms with Crippen LogP contribution in [0.25, 0.3) is 0 Å². The zero-order chi connectivity index (χ0) is 16.2. The Morgan fingerprint density at radius 1 is 1.17 bits per heavy atom. The van der Waals surface area contributed by atoms with Gasteiger partial charge in [0.25, 0.3) is 5.91 Å². The van der Waals surface area contributed by atoms with E-state index < -0.39 is 0 Å². The molecule has 5 nitrogen and oxygen atoms in total. The van der Waals surface area contributed by atoms with Crippen LogP contribution in [0.5, 0.6) is 0 Å². The summed E-state index contributed by atoms with van der Waals surface area (Å²) in [5, 5.41) is 2.97. The highest BCUT2D eigenvalue weighted by molar-refractivity contribution is 5.98. The van der Waals surface area contributed by atoms with Crippen LogP contribution in [0.4, 0.5) is 5.69 Å². The molecule has 2 amide bonds. The number of carbonyl (C=O) groups excluding carboxylic acids is 2. The molecule has 2 aliphatic rings. The molecular weight excluding hydrogens is 326 g/mol. The molecule has 132 valence electrons. The van der Waals surface area contributed by atoms with Gasteiger partial charge in [-0.25, -0.2) is 0 Å². The van der Waals surface area contributed by atoms with Gasteiger partial charge < -0.3 is 16.0 Å². The maximum atomic E-state index is 12.5. The summed E-state index contributed by atoms with van der Waals surface area (Å²) in [6.45, 7) is 2.22. The van der Waals surface area contributed by atoms with E-state index in [1.165, 1.54) is 0 Å². The SMILES string of the molecule is Cl.NC[C@H]1CCC[C@H]1C(=O)Nc1cccc(C(=O)N2CCCC2)c1. The second kappa shape index (κ2) is 8.49. The van der Waals surface area contributed by atoms with Crippen molar-refractivity contribution in [3.05, 3.63) is 29.8 Å². The van der Waals surface area contributed by atoms with Crippen LogP contribution in [-0.2, 0) is 4.79 Å². The number of benzene rings is 1. The molecule has 3 N–H and O–H groups in total. The summed E-state index contributed by atoms with van der Waals surface area (Å²) in [6.07, 6.45) is 5.14. The maximum Gasteiger partial charge on any atom is 0.253 e. The normalized spacial score (nSPS) is 23.0. The van der Waals surface area contributed by atoms with E-state index in [-0.39, 0.29) is 36.1 Å². The minimum absolute atomic E-state index is 0. The van der Waals surface area contributed by atoms with Crippen molar-refractivity contribution in [1.82, 2.24) is 4.90 Å². The Hall–Kier alpha value is -1.59. The highest BCUT2D eigenvalue weighted by Gasteiger charge is 2.32. The van der Waals surface area contributed by atoms with Gasteiger partial charge in [0.1, 0.15) is 0 Å². The molecule has 0 unspecified atom stereocenters. The van der Waals surface area contributed by atoms with E-state index in [0.717, 1.165) is 45.2 Å². The average Bonchev–Trinajstić information content (AvgIpc) is 3.25. The Morgan fingerprint density at radius 2 is 1.92 bits per heavy atom. The van der Waals surface area contributed by atoms with Crippen LogP contribution in [0, 0.1) is 11.8 Å². The molecule has 2 fully saturated rings. The third-order valence-electron chi connectivity index (χ3n) is 5.07. The number of likely N-dealkylation sites (tertiary alicyclic amines) is 1. The van der Waals surface area contributed by atoms with E-state index in [2.05, 4.69) is 5.32 Å². The first-order valence-corrected chi connectivity index (χ1v) is 8.59. The summed E-state index contributed by atoms with van der Waals surface area (Å²) in [5.41, 5.74) is 7.10. The van der Waals surface area contributed by atoms with Crippen LogP contribution in [0.3, 0.4) is 0 Å². The van der Waals surface area contributed by atoms with Gasteiger partial charge in [-0.1, -0.05) is 12.5 Å². The van der Waals surface area contributed by atoms with E-state index in [4.69, 9.17) is 5.73 Å². The van der Waals surface area contributed by atoms with Gasteiger partial charge in [0.15, 0.2) is 0 Å². The van der Waals surface area contributed by atoms with Crippen molar-refractivity contribution in [3.8, 4) is 0 Å². The van der Waals surface area contributed by atoms with Crippen LogP contribution < -0.4 is 11.1 Å². The van der Waals surface area contributed by atoms with E-state index in [9.17, 15) is 9.59 Å². The summed E-state index contributed by atoms with van der Waals surface area (Å²) in [5.74, 6) is 0.366. The molecule has 1 saturated heterocycles. The topological polar surface area (TPSA) is 75.4 Å². The molecule has 0 spiro atoms. The van der Waals surface area contributed by atoms with Gasteiger partial charge >= 0.3 is 0 Å². The third-order valence-corrected chi connectivity index (χ3v) is 5.07. The molecule has 6 heteroatoms. The van der Waals surface area contributed by atoms with E-state index in [0.29, 0.717) is 17.8 Å². The molecule has 2 atom stereocenters. The Bertz CT molecular complexity index is 587. The number of amides is 2. The lowest BCUT2D eigenvalue weighted by molar-refractivity contribution is -0.120. The van der Waals surface area contributed by atoms with Crippen molar-refractivity contribution < 1.29 is 9.59 Å². The van der Waals surface area contributed by atoms with Crippen LogP contribution in [0.2, 0.25) is 0 Å². The first-order chi connectivity index (χ1) is 11.2. The molecule has 24 heavy (non-hydrogen) atoms. The fourth-order valence-electron chi connectivity index (χ4n) is 3.73. The maximum absolute atomic E-state index is 12.5. The largest absolute Gasteiger partial charge is 0.339 e. The van der Waals surface area contributed by atoms with Crippen LogP contribution in [0.1, 0.15) is 42.5 Å². The number of hydrogen-bond donors (Lipinski definition) is 2. The van der Waals surface area contributed by atoms with Crippen molar-refractivity contribution in [2.45, 2.75) is 32.1 Å². The van der Waals surface area contributed by atoms with Crippen molar-refractivity contribution in [2.75, 3.05) is 25.0 Å². The van der Waals surface area contributed by atoms with Crippen LogP contribution in [-0.4, -0.2) is 36.3 Å². The zero-order valence-corrected chi connectivity index (χ0v) is 14.7. The van der Waals surface area contributed by atoms with Crippen molar-refractivity contribution in [1.29, 1.82) is 0 Å². The van der Waals surface area contributed by atoms with Gasteiger partial charge in [0, 0.05) is 30.3 Å². The summed E-state index contributed by atoms with van der Waals surface area (Å²) < 4.78 is 0. The van der Waals surface area contributed by atoms with Crippen LogP contribution in [0.15, 0.2) is 24.3 Å². The van der Waals surface area contributed by atoms with E-state index >= 15 is 0 Å². The van der Waals surface area contributed by atoms with Gasteiger partial charge in [-0.05, 0) is 56.3 Å². The molecule has 1 aromatic carbocycles. The number of carbonyl (C=O) groups is 2. The summed E-state index contributed by atoms with van der Waals surface area (Å²) in [6, 6.07) is 7.26. The Labute approximate surface area is 149 Å². The minimum Gasteiger partial charge on any atom is -0.339 e. The fraction of sp³-hybridized carbons (Fsp3) is 0.556. The van der Waals surface area contributed by atoms with Gasteiger partial charge in [-0.3, -0.25) is 9.59 Å². The monoisotopic (exact) mass is 351 g/mol. The molecule has 1 aliphatic heterocycles. The third kappa shape index (κ3) is 4.08. The number of halogens is 1. The number of nitrogens with zero attached hydrogens (tertiary/aromatic N) is 1. The second-order valence-corrected chi connectivity index (χ2v) is 6.60. The average molecular weight is 352 g/mol. The van der Waals surface area contributed by atoms with Gasteiger partial charge in [-0.2, -0.15) is 0 Å². The molecule has 1 aromatic rings. The quantitative estimate of drug-likeness (QED) is 0.875. The smallest absolute Gasteiger partial charge is 0.253 e. The second-order valence-electron chi connectivity index (χ2n) is 6.60. The number of anilines is 1. The standard InChI is InChI=1S/C18H25N3O2.ClH/c19-12-14-6-4-8-16(14)17(22)20-15-7-3-5-13(11-15)18(23)21-9-1-2-10-21;/h3,5,7,11,14,16H,1-2,4,6,8-10,12,19H2,(H,20,22);1H/t14-,16-;/m1./s1. The number of nitrogens with one attached hydrogen (secondary N) is 1. The first kappa shape index (κ1) is 18.7. The predicted molar refractivity (Wildman–Crippen MR) is 97.3 cm³/mol. The van der Waals surface area contributed by atoms with Gasteiger partial charge in [-0.15, -0.1) is 12.4 Å².